The van der Waals surface area contributed by atoms with E-state index >= 15 is 0 Å². The summed E-state index contributed by atoms with van der Waals surface area (Å²) in [5, 5.41) is 11.7. The Hall–Kier alpha value is -1.01. The molecular weight excluding hydrogens is 314 g/mol. The molecule has 0 bridgehead atoms. The molecule has 1 aromatic carbocycles. The van der Waals surface area contributed by atoms with E-state index in [1.165, 1.54) is 11.8 Å². The fourth-order valence-electron chi connectivity index (χ4n) is 2.18. The van der Waals surface area contributed by atoms with Crippen molar-refractivity contribution in [1.82, 2.24) is 4.90 Å². The van der Waals surface area contributed by atoms with Crippen molar-refractivity contribution in [2.75, 3.05) is 5.75 Å². The van der Waals surface area contributed by atoms with Crippen LogP contribution in [0.15, 0.2) is 47.1 Å². The van der Waals surface area contributed by atoms with Gasteiger partial charge in [-0.05, 0) is 24.3 Å². The number of benzene rings is 1. The first kappa shape index (κ1) is 13.9. The van der Waals surface area contributed by atoms with Crippen LogP contribution in [0.5, 0.6) is 0 Å². The molecule has 6 heteroatoms. The molecule has 3 rings (SSSR count). The van der Waals surface area contributed by atoms with Crippen LogP contribution < -0.4 is 0 Å². The third kappa shape index (κ3) is 2.46. The van der Waals surface area contributed by atoms with Gasteiger partial charge in [0.1, 0.15) is 10.1 Å². The SMILES string of the molecule is O[C@]1(c2ccc(Cl)cc2)CSC(=S)N1Cc1ccco1. The lowest BCUT2D eigenvalue weighted by Gasteiger charge is -2.33. The smallest absolute Gasteiger partial charge is 0.175 e. The molecule has 3 nitrogen and oxygen atoms in total. The van der Waals surface area contributed by atoms with Gasteiger partial charge in [-0.3, -0.25) is 0 Å². The molecule has 0 spiro atoms. The summed E-state index contributed by atoms with van der Waals surface area (Å²) in [4.78, 5) is 1.79. The molecule has 104 valence electrons. The van der Waals surface area contributed by atoms with Gasteiger partial charge in [0.15, 0.2) is 5.72 Å². The zero-order valence-corrected chi connectivity index (χ0v) is 12.8. The van der Waals surface area contributed by atoms with E-state index < -0.39 is 5.72 Å². The molecule has 1 atom stereocenters. The van der Waals surface area contributed by atoms with E-state index in [9.17, 15) is 5.11 Å². The topological polar surface area (TPSA) is 36.6 Å². The van der Waals surface area contributed by atoms with Crippen LogP contribution in [0.3, 0.4) is 0 Å². The number of rotatable bonds is 3. The monoisotopic (exact) mass is 325 g/mol. The maximum Gasteiger partial charge on any atom is 0.175 e. The summed E-state index contributed by atoms with van der Waals surface area (Å²) in [6, 6.07) is 10.9. The second-order valence-electron chi connectivity index (χ2n) is 4.54. The van der Waals surface area contributed by atoms with Gasteiger partial charge in [0, 0.05) is 10.6 Å². The Morgan fingerprint density at radius 1 is 1.35 bits per heavy atom. The maximum atomic E-state index is 11.0. The minimum Gasteiger partial charge on any atom is -0.467 e. The van der Waals surface area contributed by atoms with Crippen LogP contribution in [0, 0.1) is 0 Å². The van der Waals surface area contributed by atoms with E-state index in [4.69, 9.17) is 28.2 Å². The minimum absolute atomic E-state index is 0.442. The molecular formula is C14H12ClNO2S2. The molecule has 1 fully saturated rings. The Balaban J connectivity index is 1.93. The quantitative estimate of drug-likeness (QED) is 0.872. The first-order chi connectivity index (χ1) is 9.59. The molecule has 1 N–H and O–H groups in total. The molecule has 1 aliphatic heterocycles. The van der Waals surface area contributed by atoms with Crippen LogP contribution in [0.4, 0.5) is 0 Å². The molecule has 0 radical (unpaired) electrons. The lowest BCUT2D eigenvalue weighted by molar-refractivity contribution is -0.0532. The minimum atomic E-state index is -1.13. The van der Waals surface area contributed by atoms with Gasteiger partial charge in [0.05, 0.1) is 18.6 Å². The highest BCUT2D eigenvalue weighted by molar-refractivity contribution is 8.23. The third-order valence-corrected chi connectivity index (χ3v) is 5.10. The first-order valence-electron chi connectivity index (χ1n) is 6.05. The number of hydrogen-bond donors (Lipinski definition) is 1. The highest BCUT2D eigenvalue weighted by Gasteiger charge is 2.44. The number of aliphatic hydroxyl groups is 1. The normalized spacial score (nSPS) is 22.5. The average molecular weight is 326 g/mol. The lowest BCUT2D eigenvalue weighted by atomic mass is 10.0. The first-order valence-corrected chi connectivity index (χ1v) is 7.82. The predicted molar refractivity (Wildman–Crippen MR) is 84.7 cm³/mol. The zero-order valence-electron chi connectivity index (χ0n) is 10.5. The van der Waals surface area contributed by atoms with Crippen molar-refractivity contribution in [2.24, 2.45) is 0 Å². The van der Waals surface area contributed by atoms with Crippen molar-refractivity contribution < 1.29 is 9.52 Å². The molecule has 1 aromatic heterocycles. The zero-order chi connectivity index (χ0) is 14.2. The summed E-state index contributed by atoms with van der Waals surface area (Å²) in [5.74, 6) is 1.26. The van der Waals surface area contributed by atoms with Crippen LogP contribution in [-0.2, 0) is 12.3 Å². The number of thioether (sulfide) groups is 1. The summed E-state index contributed by atoms with van der Waals surface area (Å²) in [6.07, 6.45) is 1.61. The largest absolute Gasteiger partial charge is 0.467 e. The van der Waals surface area contributed by atoms with Crippen LogP contribution in [0.1, 0.15) is 11.3 Å². The van der Waals surface area contributed by atoms with Crippen molar-refractivity contribution in [3.8, 4) is 0 Å². The van der Waals surface area contributed by atoms with Gasteiger partial charge in [-0.15, -0.1) is 0 Å². The molecule has 0 amide bonds. The standard InChI is InChI=1S/C14H12ClNO2S2/c15-11-5-3-10(4-6-11)14(17)9-20-13(19)16(14)8-12-2-1-7-18-12/h1-7,17H,8-9H2/t14-/m0/s1. The molecule has 0 saturated carbocycles. The highest BCUT2D eigenvalue weighted by atomic mass is 35.5. The number of halogens is 1. The molecule has 0 aliphatic carbocycles. The lowest BCUT2D eigenvalue weighted by Crippen LogP contribution is -2.43. The Bertz CT molecular complexity index is 615. The average Bonchev–Trinajstić information content (AvgIpc) is 3.04. The van der Waals surface area contributed by atoms with Crippen molar-refractivity contribution in [3.63, 3.8) is 0 Å². The van der Waals surface area contributed by atoms with Gasteiger partial charge in [0.2, 0.25) is 0 Å². The fourth-order valence-corrected chi connectivity index (χ4v) is 3.72. The number of hydrogen-bond acceptors (Lipinski definition) is 4. The fraction of sp³-hybridized carbons (Fsp3) is 0.214. The van der Waals surface area contributed by atoms with Crippen molar-refractivity contribution in [3.05, 3.63) is 59.0 Å². The number of thiocarbonyl (C=S) groups is 1. The predicted octanol–water partition coefficient (Wildman–Crippen LogP) is 3.61. The van der Waals surface area contributed by atoms with Crippen molar-refractivity contribution in [2.45, 2.75) is 12.3 Å². The molecule has 2 aromatic rings. The van der Waals surface area contributed by atoms with Gasteiger partial charge < -0.3 is 14.4 Å². The van der Waals surface area contributed by atoms with E-state index in [0.717, 1.165) is 11.3 Å². The van der Waals surface area contributed by atoms with Gasteiger partial charge in [-0.25, -0.2) is 0 Å². The Labute approximate surface area is 131 Å². The number of furan rings is 1. The van der Waals surface area contributed by atoms with Crippen LogP contribution in [-0.4, -0.2) is 20.1 Å². The molecule has 0 unspecified atom stereocenters. The van der Waals surface area contributed by atoms with E-state index in [1.54, 1.807) is 23.3 Å². The van der Waals surface area contributed by atoms with Crippen LogP contribution >= 0.6 is 35.6 Å². The third-order valence-electron chi connectivity index (χ3n) is 3.26. The summed E-state index contributed by atoms with van der Waals surface area (Å²) < 4.78 is 6.01. The van der Waals surface area contributed by atoms with Gasteiger partial charge >= 0.3 is 0 Å². The molecule has 2 heterocycles. The summed E-state index contributed by atoms with van der Waals surface area (Å²) in [6.45, 7) is 0.442. The van der Waals surface area contributed by atoms with Crippen LogP contribution in [0.25, 0.3) is 0 Å². The Morgan fingerprint density at radius 2 is 2.10 bits per heavy atom. The van der Waals surface area contributed by atoms with E-state index in [-0.39, 0.29) is 0 Å². The summed E-state index contributed by atoms with van der Waals surface area (Å²) >= 11 is 12.7. The summed E-state index contributed by atoms with van der Waals surface area (Å²) in [5.41, 5.74) is -0.347. The molecule has 20 heavy (non-hydrogen) atoms. The van der Waals surface area contributed by atoms with Gasteiger partial charge in [-0.2, -0.15) is 0 Å². The van der Waals surface area contributed by atoms with Crippen molar-refractivity contribution >= 4 is 39.9 Å². The van der Waals surface area contributed by atoms with Gasteiger partial charge in [0.25, 0.3) is 0 Å². The van der Waals surface area contributed by atoms with E-state index in [2.05, 4.69) is 0 Å². The maximum absolute atomic E-state index is 11.0. The Kier molecular flexibility index (Phi) is 3.77. The Morgan fingerprint density at radius 3 is 2.75 bits per heavy atom. The molecule has 1 aliphatic rings. The van der Waals surface area contributed by atoms with E-state index in [0.29, 0.717) is 21.6 Å². The van der Waals surface area contributed by atoms with Crippen LogP contribution in [0.2, 0.25) is 5.02 Å². The van der Waals surface area contributed by atoms with E-state index in [1.807, 2.05) is 24.3 Å². The van der Waals surface area contributed by atoms with Crippen molar-refractivity contribution in [1.29, 1.82) is 0 Å². The summed E-state index contributed by atoms with van der Waals surface area (Å²) in [7, 11) is 0. The number of nitrogens with zero attached hydrogens (tertiary/aromatic N) is 1. The second-order valence-corrected chi connectivity index (χ2v) is 6.59. The highest BCUT2D eigenvalue weighted by Crippen LogP contribution is 2.40. The second kappa shape index (κ2) is 5.41. The van der Waals surface area contributed by atoms with Gasteiger partial charge in [-0.1, -0.05) is 47.7 Å². The molecule has 1 saturated heterocycles.